The average molecular weight is 446 g/mol. The van der Waals surface area contributed by atoms with Crippen LogP contribution in [0.3, 0.4) is 0 Å². The molecule has 0 aromatic carbocycles. The van der Waals surface area contributed by atoms with Gasteiger partial charge in [0.15, 0.2) is 0 Å². The van der Waals surface area contributed by atoms with E-state index in [1.807, 2.05) is 18.7 Å². The van der Waals surface area contributed by atoms with Gasteiger partial charge in [-0.15, -0.1) is 0 Å². The lowest BCUT2D eigenvalue weighted by molar-refractivity contribution is -0.135. The number of halogens is 1. The number of H-pyrrole nitrogens is 1. The molecule has 1 aliphatic carbocycles. The van der Waals surface area contributed by atoms with Crippen LogP contribution in [0.15, 0.2) is 6.20 Å². The SMILES string of the molecule is COC(=O)N[C@H](C(=O)N1CC2(CC2)C[C@H]1c1ncc(I)[nH]1)C(C)C. The van der Waals surface area contributed by atoms with Crippen LogP contribution in [-0.2, 0) is 9.53 Å². The van der Waals surface area contributed by atoms with Crippen LogP contribution < -0.4 is 5.32 Å². The smallest absolute Gasteiger partial charge is 0.407 e. The van der Waals surface area contributed by atoms with Crippen LogP contribution in [0.2, 0.25) is 0 Å². The molecule has 132 valence electrons. The quantitative estimate of drug-likeness (QED) is 0.696. The van der Waals surface area contributed by atoms with E-state index in [2.05, 4.69) is 42.6 Å². The fourth-order valence-corrected chi connectivity index (χ4v) is 3.85. The van der Waals surface area contributed by atoms with Crippen molar-refractivity contribution < 1.29 is 14.3 Å². The summed E-state index contributed by atoms with van der Waals surface area (Å²) in [5.41, 5.74) is 0.241. The average Bonchev–Trinajstić information content (AvgIpc) is 2.97. The molecule has 1 saturated carbocycles. The van der Waals surface area contributed by atoms with Crippen LogP contribution in [0.4, 0.5) is 4.79 Å². The summed E-state index contributed by atoms with van der Waals surface area (Å²) in [6.07, 6.45) is 4.45. The highest BCUT2D eigenvalue weighted by Crippen LogP contribution is 2.58. The molecule has 1 aliphatic heterocycles. The van der Waals surface area contributed by atoms with Crippen LogP contribution >= 0.6 is 22.6 Å². The van der Waals surface area contributed by atoms with Crippen molar-refractivity contribution in [3.63, 3.8) is 0 Å². The molecule has 1 saturated heterocycles. The number of imidazole rings is 1. The Bertz CT molecular complexity index is 641. The molecular formula is C16H23IN4O3. The van der Waals surface area contributed by atoms with E-state index in [9.17, 15) is 9.59 Å². The van der Waals surface area contributed by atoms with Gasteiger partial charge in [-0.3, -0.25) is 4.79 Å². The third-order valence-corrected chi connectivity index (χ3v) is 5.57. The zero-order valence-electron chi connectivity index (χ0n) is 14.1. The number of likely N-dealkylation sites (tertiary alicyclic amines) is 1. The predicted molar refractivity (Wildman–Crippen MR) is 96.2 cm³/mol. The number of hydrogen-bond donors (Lipinski definition) is 2. The Balaban J connectivity index is 1.83. The molecule has 2 fully saturated rings. The molecule has 0 unspecified atom stereocenters. The zero-order chi connectivity index (χ0) is 17.5. The fraction of sp³-hybridized carbons (Fsp3) is 0.688. The molecule has 0 bridgehead atoms. The molecule has 8 heteroatoms. The standard InChI is InChI=1S/C16H23IN4O3/c1-9(2)12(20-15(23)24-3)14(22)21-8-16(4-5-16)6-10(21)13-18-7-11(17)19-13/h7,9-10,12H,4-6,8H2,1-3H3,(H,18,19)(H,20,23)/t10-,12-/m0/s1. The maximum absolute atomic E-state index is 13.2. The Morgan fingerprint density at radius 1 is 1.50 bits per heavy atom. The number of methoxy groups -OCH3 is 1. The largest absolute Gasteiger partial charge is 0.453 e. The van der Waals surface area contributed by atoms with Crippen molar-refractivity contribution in [1.29, 1.82) is 0 Å². The summed E-state index contributed by atoms with van der Waals surface area (Å²) in [6.45, 7) is 4.58. The Labute approximate surface area is 155 Å². The second kappa shape index (κ2) is 6.53. The van der Waals surface area contributed by atoms with Gasteiger partial charge in [-0.05, 0) is 53.2 Å². The minimum Gasteiger partial charge on any atom is -0.453 e. The van der Waals surface area contributed by atoms with Gasteiger partial charge in [0.1, 0.15) is 11.9 Å². The van der Waals surface area contributed by atoms with Gasteiger partial charge in [0.2, 0.25) is 5.91 Å². The first-order valence-corrected chi connectivity index (χ1v) is 9.28. The number of nitrogens with zero attached hydrogens (tertiary/aromatic N) is 2. The van der Waals surface area contributed by atoms with E-state index < -0.39 is 12.1 Å². The summed E-state index contributed by atoms with van der Waals surface area (Å²) >= 11 is 2.19. The maximum atomic E-state index is 13.2. The lowest BCUT2D eigenvalue weighted by Gasteiger charge is -2.30. The molecule has 3 rings (SSSR count). The second-order valence-electron chi connectivity index (χ2n) is 7.16. The minimum atomic E-state index is -0.595. The monoisotopic (exact) mass is 446 g/mol. The first kappa shape index (κ1) is 17.5. The summed E-state index contributed by atoms with van der Waals surface area (Å²) in [5.74, 6) is 0.748. The van der Waals surface area contributed by atoms with Gasteiger partial charge in [0.25, 0.3) is 0 Å². The van der Waals surface area contributed by atoms with Gasteiger partial charge in [-0.2, -0.15) is 0 Å². The lowest BCUT2D eigenvalue weighted by atomic mass is 10.0. The molecule has 7 nitrogen and oxygen atoms in total. The number of carbonyl (C=O) groups excluding carboxylic acids is 2. The summed E-state index contributed by atoms with van der Waals surface area (Å²) < 4.78 is 5.63. The topological polar surface area (TPSA) is 87.3 Å². The zero-order valence-corrected chi connectivity index (χ0v) is 16.3. The van der Waals surface area contributed by atoms with E-state index in [0.717, 1.165) is 35.3 Å². The van der Waals surface area contributed by atoms with Gasteiger partial charge < -0.3 is 19.9 Å². The minimum absolute atomic E-state index is 0.0234. The molecule has 1 aromatic rings. The van der Waals surface area contributed by atoms with Gasteiger partial charge in [-0.1, -0.05) is 13.8 Å². The van der Waals surface area contributed by atoms with Crippen molar-refractivity contribution in [2.24, 2.45) is 11.3 Å². The molecule has 2 atom stereocenters. The molecule has 2 heterocycles. The van der Waals surface area contributed by atoms with Crippen LogP contribution in [0.1, 0.15) is 45.0 Å². The van der Waals surface area contributed by atoms with E-state index in [0.29, 0.717) is 0 Å². The molecule has 1 spiro atoms. The van der Waals surface area contributed by atoms with Gasteiger partial charge in [0.05, 0.1) is 23.0 Å². The summed E-state index contributed by atoms with van der Waals surface area (Å²) in [4.78, 5) is 34.4. The van der Waals surface area contributed by atoms with Crippen molar-refractivity contribution in [2.75, 3.05) is 13.7 Å². The van der Waals surface area contributed by atoms with Crippen LogP contribution in [0.5, 0.6) is 0 Å². The van der Waals surface area contributed by atoms with E-state index in [1.165, 1.54) is 7.11 Å². The Kier molecular flexibility index (Phi) is 4.76. The fourth-order valence-electron chi connectivity index (χ4n) is 3.43. The highest BCUT2D eigenvalue weighted by atomic mass is 127. The second-order valence-corrected chi connectivity index (χ2v) is 8.32. The number of carbonyl (C=O) groups is 2. The van der Waals surface area contributed by atoms with E-state index in [1.54, 1.807) is 6.20 Å². The lowest BCUT2D eigenvalue weighted by Crippen LogP contribution is -2.51. The molecule has 2 N–H and O–H groups in total. The van der Waals surface area contributed by atoms with Gasteiger partial charge in [-0.25, -0.2) is 9.78 Å². The molecule has 0 radical (unpaired) electrons. The number of alkyl carbamates (subject to hydrolysis) is 1. The van der Waals surface area contributed by atoms with Crippen molar-refractivity contribution in [2.45, 2.75) is 45.2 Å². The number of nitrogens with one attached hydrogen (secondary N) is 2. The normalized spacial score (nSPS) is 22.7. The first-order valence-electron chi connectivity index (χ1n) is 8.20. The van der Waals surface area contributed by atoms with Crippen LogP contribution in [0, 0.1) is 15.0 Å². The first-order chi connectivity index (χ1) is 11.3. The highest BCUT2D eigenvalue weighted by molar-refractivity contribution is 14.1. The predicted octanol–water partition coefficient (Wildman–Crippen LogP) is 2.45. The maximum Gasteiger partial charge on any atom is 0.407 e. The third kappa shape index (κ3) is 3.38. The molecule has 24 heavy (non-hydrogen) atoms. The van der Waals surface area contributed by atoms with E-state index in [4.69, 9.17) is 0 Å². The summed E-state index contributed by atoms with van der Waals surface area (Å²) in [5, 5.41) is 2.68. The van der Waals surface area contributed by atoms with Crippen molar-refractivity contribution in [1.82, 2.24) is 20.2 Å². The molecule has 2 aliphatic rings. The Morgan fingerprint density at radius 3 is 2.71 bits per heavy atom. The number of hydrogen-bond acceptors (Lipinski definition) is 4. The van der Waals surface area contributed by atoms with Crippen LogP contribution in [-0.4, -0.2) is 46.6 Å². The number of rotatable bonds is 4. The third-order valence-electron chi connectivity index (χ3n) is 5.02. The van der Waals surface area contributed by atoms with Gasteiger partial charge in [0, 0.05) is 6.54 Å². The molecule has 1 aromatic heterocycles. The van der Waals surface area contributed by atoms with Crippen molar-refractivity contribution >= 4 is 34.6 Å². The molecule has 2 amide bonds. The van der Waals surface area contributed by atoms with Crippen LogP contribution in [0.25, 0.3) is 0 Å². The number of aromatic nitrogens is 2. The van der Waals surface area contributed by atoms with E-state index in [-0.39, 0.29) is 23.3 Å². The molecular weight excluding hydrogens is 423 g/mol. The number of aromatic amines is 1. The summed E-state index contributed by atoms with van der Waals surface area (Å²) in [6, 6.07) is -0.646. The van der Waals surface area contributed by atoms with Crippen molar-refractivity contribution in [3.05, 3.63) is 15.7 Å². The highest BCUT2D eigenvalue weighted by Gasteiger charge is 2.55. The number of amides is 2. The Morgan fingerprint density at radius 2 is 2.21 bits per heavy atom. The van der Waals surface area contributed by atoms with Crippen molar-refractivity contribution in [3.8, 4) is 0 Å². The summed E-state index contributed by atoms with van der Waals surface area (Å²) in [7, 11) is 1.31. The van der Waals surface area contributed by atoms with Gasteiger partial charge >= 0.3 is 6.09 Å². The van der Waals surface area contributed by atoms with E-state index >= 15 is 0 Å². The Hall–Kier alpha value is -1.32. The number of ether oxygens (including phenoxy) is 1.